The Balaban J connectivity index is 2.45. The summed E-state index contributed by atoms with van der Waals surface area (Å²) >= 11 is 0. The van der Waals surface area contributed by atoms with Crippen LogP contribution >= 0.6 is 0 Å². The highest BCUT2D eigenvalue weighted by Crippen LogP contribution is 2.18. The van der Waals surface area contributed by atoms with Crippen LogP contribution in [-0.4, -0.2) is 31.5 Å². The van der Waals surface area contributed by atoms with Crippen LogP contribution in [0.2, 0.25) is 0 Å². The van der Waals surface area contributed by atoms with Gasteiger partial charge in [0, 0.05) is 18.7 Å². The summed E-state index contributed by atoms with van der Waals surface area (Å²) in [6.07, 6.45) is -0.0539. The number of aliphatic hydroxyl groups is 1. The molecule has 0 spiro atoms. The van der Waals surface area contributed by atoms with Gasteiger partial charge in [0.25, 0.3) is 0 Å². The average Bonchev–Trinajstić information content (AvgIpc) is 2.33. The van der Waals surface area contributed by atoms with E-state index in [2.05, 4.69) is 5.32 Å². The molecule has 18 heavy (non-hydrogen) atoms. The van der Waals surface area contributed by atoms with Crippen molar-refractivity contribution in [1.82, 2.24) is 5.32 Å². The molecule has 5 heteroatoms. The van der Waals surface area contributed by atoms with Gasteiger partial charge in [0.1, 0.15) is 0 Å². The lowest BCUT2D eigenvalue weighted by Gasteiger charge is -2.16. The molecule has 102 valence electrons. The van der Waals surface area contributed by atoms with Crippen molar-refractivity contribution in [3.63, 3.8) is 0 Å². The molecule has 1 aromatic rings. The summed E-state index contributed by atoms with van der Waals surface area (Å²) in [5.74, 6) is -1.67. The van der Waals surface area contributed by atoms with Gasteiger partial charge in [0.05, 0.1) is 12.7 Å². The van der Waals surface area contributed by atoms with Crippen molar-refractivity contribution in [3.8, 4) is 0 Å². The van der Waals surface area contributed by atoms with E-state index in [-0.39, 0.29) is 18.2 Å². The van der Waals surface area contributed by atoms with E-state index in [9.17, 15) is 13.9 Å². The van der Waals surface area contributed by atoms with E-state index < -0.39 is 17.7 Å². The topological polar surface area (TPSA) is 41.5 Å². The third-order valence-corrected chi connectivity index (χ3v) is 2.74. The molecule has 1 rings (SSSR count). The highest BCUT2D eigenvalue weighted by atomic mass is 19.2. The van der Waals surface area contributed by atoms with Crippen LogP contribution in [0.4, 0.5) is 8.78 Å². The first-order chi connectivity index (χ1) is 8.56. The first kappa shape index (κ1) is 15.0. The van der Waals surface area contributed by atoms with Gasteiger partial charge in [-0.05, 0) is 26.0 Å². The zero-order valence-electron chi connectivity index (χ0n) is 10.6. The number of hydrogen-bond acceptors (Lipinski definition) is 3. The third-order valence-electron chi connectivity index (χ3n) is 2.74. The molecule has 0 saturated heterocycles. The minimum atomic E-state index is -0.847. The van der Waals surface area contributed by atoms with Crippen molar-refractivity contribution in [2.45, 2.75) is 25.5 Å². The molecule has 2 N–H and O–H groups in total. The molecule has 0 aliphatic heterocycles. The second-order valence-electron chi connectivity index (χ2n) is 4.22. The van der Waals surface area contributed by atoms with Crippen LogP contribution in [0.25, 0.3) is 0 Å². The summed E-state index contributed by atoms with van der Waals surface area (Å²) in [7, 11) is 1.52. The van der Waals surface area contributed by atoms with Crippen molar-refractivity contribution in [1.29, 1.82) is 0 Å². The maximum Gasteiger partial charge on any atom is 0.163 e. The number of benzene rings is 1. The fourth-order valence-corrected chi connectivity index (χ4v) is 1.71. The van der Waals surface area contributed by atoms with Crippen molar-refractivity contribution in [2.75, 3.05) is 20.3 Å². The summed E-state index contributed by atoms with van der Waals surface area (Å²) in [6.45, 7) is 2.52. The van der Waals surface area contributed by atoms with Crippen LogP contribution in [0.15, 0.2) is 18.2 Å². The predicted octanol–water partition coefficient (Wildman–Crippen LogP) is 2.01. The molecule has 2 atom stereocenters. The van der Waals surface area contributed by atoms with Gasteiger partial charge in [-0.3, -0.25) is 0 Å². The van der Waals surface area contributed by atoms with Crippen LogP contribution in [0.3, 0.4) is 0 Å². The number of ether oxygens (including phenoxy) is 1. The van der Waals surface area contributed by atoms with E-state index in [1.165, 1.54) is 13.2 Å². The molecular formula is C13H19F2NO2. The lowest BCUT2D eigenvalue weighted by Crippen LogP contribution is -2.26. The van der Waals surface area contributed by atoms with Gasteiger partial charge in [-0.2, -0.15) is 0 Å². The monoisotopic (exact) mass is 259 g/mol. The number of rotatable bonds is 7. The third kappa shape index (κ3) is 4.33. The molecule has 0 saturated carbocycles. The first-order valence-corrected chi connectivity index (χ1v) is 5.90. The molecule has 0 heterocycles. The average molecular weight is 259 g/mol. The lowest BCUT2D eigenvalue weighted by molar-refractivity contribution is 0.0590. The van der Waals surface area contributed by atoms with Crippen LogP contribution in [0, 0.1) is 11.6 Å². The normalized spacial score (nSPS) is 14.5. The second kappa shape index (κ2) is 7.41. The Kier molecular flexibility index (Phi) is 6.18. The molecule has 0 aliphatic carbocycles. The molecule has 0 aromatic heterocycles. The number of aliphatic hydroxyl groups excluding tert-OH is 1. The smallest absolute Gasteiger partial charge is 0.163 e. The Morgan fingerprint density at radius 3 is 2.78 bits per heavy atom. The van der Waals surface area contributed by atoms with E-state index in [1.54, 1.807) is 13.0 Å². The summed E-state index contributed by atoms with van der Waals surface area (Å²) in [6, 6.07) is 3.80. The van der Waals surface area contributed by atoms with Crippen molar-refractivity contribution < 1.29 is 18.6 Å². The zero-order valence-corrected chi connectivity index (χ0v) is 10.6. The summed E-state index contributed by atoms with van der Waals surface area (Å²) in [5.41, 5.74) is 0.288. The Morgan fingerprint density at radius 1 is 1.39 bits per heavy atom. The van der Waals surface area contributed by atoms with Crippen molar-refractivity contribution in [3.05, 3.63) is 35.4 Å². The molecule has 0 aliphatic rings. The quantitative estimate of drug-likeness (QED) is 0.787. The Hall–Kier alpha value is -1.04. The van der Waals surface area contributed by atoms with Gasteiger partial charge in [-0.25, -0.2) is 8.78 Å². The summed E-state index contributed by atoms with van der Waals surface area (Å²) in [5, 5.41) is 12.5. The van der Waals surface area contributed by atoms with Gasteiger partial charge in [-0.1, -0.05) is 12.1 Å². The van der Waals surface area contributed by atoms with Gasteiger partial charge in [0.15, 0.2) is 11.6 Å². The second-order valence-corrected chi connectivity index (χ2v) is 4.22. The molecular weight excluding hydrogens is 240 g/mol. The number of nitrogens with one attached hydrogen (secondary N) is 1. The number of hydrogen-bond donors (Lipinski definition) is 2. The highest BCUT2D eigenvalue weighted by Gasteiger charge is 2.14. The predicted molar refractivity (Wildman–Crippen MR) is 65.3 cm³/mol. The number of halogens is 2. The fraction of sp³-hybridized carbons (Fsp3) is 0.538. The zero-order chi connectivity index (χ0) is 13.5. The fourth-order valence-electron chi connectivity index (χ4n) is 1.71. The van der Waals surface area contributed by atoms with Crippen molar-refractivity contribution in [2.24, 2.45) is 0 Å². The molecule has 2 unspecified atom stereocenters. The van der Waals surface area contributed by atoms with Gasteiger partial charge in [0.2, 0.25) is 0 Å². The molecule has 0 radical (unpaired) electrons. The SMILES string of the molecule is COCC(O)CCNC(C)c1cccc(F)c1F. The van der Waals surface area contributed by atoms with Gasteiger partial charge >= 0.3 is 0 Å². The molecule has 0 bridgehead atoms. The number of methoxy groups -OCH3 is 1. The Labute approximate surface area is 106 Å². The Morgan fingerprint density at radius 2 is 2.11 bits per heavy atom. The van der Waals surface area contributed by atoms with E-state index in [1.807, 2.05) is 0 Å². The molecule has 3 nitrogen and oxygen atoms in total. The minimum Gasteiger partial charge on any atom is -0.391 e. The van der Waals surface area contributed by atoms with Gasteiger partial charge < -0.3 is 15.2 Å². The highest BCUT2D eigenvalue weighted by molar-refractivity contribution is 5.21. The van der Waals surface area contributed by atoms with Crippen LogP contribution in [0.1, 0.15) is 24.9 Å². The Bertz CT molecular complexity index is 374. The molecule has 1 aromatic carbocycles. The van der Waals surface area contributed by atoms with Crippen LogP contribution < -0.4 is 5.32 Å². The van der Waals surface area contributed by atoms with Crippen molar-refractivity contribution >= 4 is 0 Å². The van der Waals surface area contributed by atoms with E-state index in [4.69, 9.17) is 4.74 Å². The van der Waals surface area contributed by atoms with Gasteiger partial charge in [-0.15, -0.1) is 0 Å². The summed E-state index contributed by atoms with van der Waals surface area (Å²) < 4.78 is 31.3. The maximum atomic E-state index is 13.5. The van der Waals surface area contributed by atoms with Crippen LogP contribution in [0.5, 0.6) is 0 Å². The van der Waals surface area contributed by atoms with E-state index in [0.717, 1.165) is 6.07 Å². The lowest BCUT2D eigenvalue weighted by atomic mass is 10.1. The van der Waals surface area contributed by atoms with E-state index >= 15 is 0 Å². The minimum absolute atomic E-state index is 0.268. The molecule has 0 amide bonds. The first-order valence-electron chi connectivity index (χ1n) is 5.90. The summed E-state index contributed by atoms with van der Waals surface area (Å²) in [4.78, 5) is 0. The molecule has 0 fully saturated rings. The standard InChI is InChI=1S/C13H19F2NO2/c1-9(16-7-6-10(17)8-18-2)11-4-3-5-12(14)13(11)15/h3-5,9-10,16-17H,6-8H2,1-2H3. The maximum absolute atomic E-state index is 13.5. The largest absolute Gasteiger partial charge is 0.391 e. The van der Waals surface area contributed by atoms with Crippen LogP contribution in [-0.2, 0) is 4.74 Å². The van der Waals surface area contributed by atoms with E-state index in [0.29, 0.717) is 13.0 Å².